The molecule has 1 fully saturated rings. The topological polar surface area (TPSA) is 53.4 Å². The molecular formula is C9H12N2O3. The van der Waals surface area contributed by atoms with E-state index in [9.17, 15) is 4.79 Å². The minimum atomic E-state index is -0.139. The number of rotatable bonds is 2. The molecule has 0 saturated carbocycles. The van der Waals surface area contributed by atoms with E-state index in [-0.39, 0.29) is 11.7 Å². The molecule has 0 aromatic carbocycles. The zero-order chi connectivity index (χ0) is 9.97. The summed E-state index contributed by atoms with van der Waals surface area (Å²) in [6, 6.07) is 3.03. The van der Waals surface area contributed by atoms with Crippen molar-refractivity contribution in [1.29, 1.82) is 0 Å². The number of aromatic nitrogens is 2. The van der Waals surface area contributed by atoms with E-state index in [0.717, 1.165) is 13.0 Å². The van der Waals surface area contributed by atoms with E-state index in [1.807, 2.05) is 0 Å². The Labute approximate surface area is 81.3 Å². The fourth-order valence-corrected chi connectivity index (χ4v) is 1.32. The lowest BCUT2D eigenvalue weighted by molar-refractivity contribution is 0.136. The molecule has 1 aromatic heterocycles. The number of nitrogens with zero attached hydrogens (tertiary/aromatic N) is 2. The molecule has 14 heavy (non-hydrogen) atoms. The van der Waals surface area contributed by atoms with Crippen LogP contribution in [0.15, 0.2) is 16.9 Å². The van der Waals surface area contributed by atoms with Gasteiger partial charge in [0.15, 0.2) is 0 Å². The second-order valence-electron chi connectivity index (χ2n) is 3.24. The first-order valence-electron chi connectivity index (χ1n) is 4.54. The summed E-state index contributed by atoms with van der Waals surface area (Å²) in [5, 5.41) is 3.96. The molecule has 1 aliphatic rings. The molecule has 0 bridgehead atoms. The normalized spacial score (nSPS) is 21.1. The van der Waals surface area contributed by atoms with Crippen molar-refractivity contribution < 1.29 is 9.47 Å². The summed E-state index contributed by atoms with van der Waals surface area (Å²) < 4.78 is 11.9. The van der Waals surface area contributed by atoms with Gasteiger partial charge in [0.25, 0.3) is 5.56 Å². The molecular weight excluding hydrogens is 184 g/mol. The maximum absolute atomic E-state index is 11.0. The van der Waals surface area contributed by atoms with E-state index in [4.69, 9.17) is 9.47 Å². The monoisotopic (exact) mass is 196 g/mol. The Balaban J connectivity index is 2.09. The molecule has 0 radical (unpaired) electrons. The third-order valence-electron chi connectivity index (χ3n) is 2.11. The van der Waals surface area contributed by atoms with Gasteiger partial charge in [-0.1, -0.05) is 0 Å². The Morgan fingerprint density at radius 2 is 2.50 bits per heavy atom. The van der Waals surface area contributed by atoms with Gasteiger partial charge in [-0.3, -0.25) is 4.79 Å². The predicted molar refractivity (Wildman–Crippen MR) is 49.3 cm³/mol. The van der Waals surface area contributed by atoms with Crippen LogP contribution in [0.2, 0.25) is 0 Å². The van der Waals surface area contributed by atoms with E-state index in [0.29, 0.717) is 12.5 Å². The summed E-state index contributed by atoms with van der Waals surface area (Å²) in [4.78, 5) is 11.0. The first-order chi connectivity index (χ1) is 6.75. The minimum absolute atomic E-state index is 0.0694. The number of hydrogen-bond donors (Lipinski definition) is 0. The average molecular weight is 196 g/mol. The Hall–Kier alpha value is -1.36. The fourth-order valence-electron chi connectivity index (χ4n) is 1.32. The molecule has 5 nitrogen and oxygen atoms in total. The molecule has 0 amide bonds. The summed E-state index contributed by atoms with van der Waals surface area (Å²) >= 11 is 0. The van der Waals surface area contributed by atoms with Crippen molar-refractivity contribution in [2.24, 2.45) is 7.05 Å². The van der Waals surface area contributed by atoms with Crippen molar-refractivity contribution in [3.8, 4) is 5.88 Å². The zero-order valence-electron chi connectivity index (χ0n) is 7.97. The second-order valence-corrected chi connectivity index (χ2v) is 3.24. The standard InChI is InChI=1S/C9H12N2O3/c1-11-9(12)3-2-8(10-11)14-7-4-5-13-6-7/h2-3,7H,4-6H2,1H3. The quantitative estimate of drug-likeness (QED) is 0.665. The maximum atomic E-state index is 11.0. The van der Waals surface area contributed by atoms with Crippen molar-refractivity contribution in [1.82, 2.24) is 9.78 Å². The highest BCUT2D eigenvalue weighted by Crippen LogP contribution is 2.12. The summed E-state index contributed by atoms with van der Waals surface area (Å²) in [5.74, 6) is 0.475. The second kappa shape index (κ2) is 3.79. The summed E-state index contributed by atoms with van der Waals surface area (Å²) in [6.45, 7) is 1.33. The van der Waals surface area contributed by atoms with Crippen LogP contribution >= 0.6 is 0 Å². The average Bonchev–Trinajstić information content (AvgIpc) is 2.64. The van der Waals surface area contributed by atoms with Gasteiger partial charge in [0.05, 0.1) is 13.2 Å². The van der Waals surface area contributed by atoms with Crippen LogP contribution in [0.1, 0.15) is 6.42 Å². The fraction of sp³-hybridized carbons (Fsp3) is 0.556. The Morgan fingerprint density at radius 3 is 3.14 bits per heavy atom. The number of hydrogen-bond acceptors (Lipinski definition) is 4. The smallest absolute Gasteiger partial charge is 0.266 e. The molecule has 5 heteroatoms. The van der Waals surface area contributed by atoms with Gasteiger partial charge in [-0.05, 0) is 0 Å². The van der Waals surface area contributed by atoms with E-state index >= 15 is 0 Å². The molecule has 1 aromatic rings. The highest BCUT2D eigenvalue weighted by atomic mass is 16.5. The maximum Gasteiger partial charge on any atom is 0.266 e. The molecule has 0 N–H and O–H groups in total. The number of aryl methyl sites for hydroxylation is 1. The highest BCUT2D eigenvalue weighted by molar-refractivity contribution is 5.07. The molecule has 1 aliphatic heterocycles. The lowest BCUT2D eigenvalue weighted by atomic mass is 10.3. The van der Waals surface area contributed by atoms with Gasteiger partial charge in [-0.25, -0.2) is 4.68 Å². The van der Waals surface area contributed by atoms with Crippen LogP contribution in [0.3, 0.4) is 0 Å². The molecule has 0 aliphatic carbocycles. The lowest BCUT2D eigenvalue weighted by Gasteiger charge is -2.10. The first kappa shape index (κ1) is 9.21. The van der Waals surface area contributed by atoms with Gasteiger partial charge in [0.2, 0.25) is 5.88 Å². The van der Waals surface area contributed by atoms with Crippen LogP contribution in [0.25, 0.3) is 0 Å². The van der Waals surface area contributed by atoms with Gasteiger partial charge >= 0.3 is 0 Å². The molecule has 0 spiro atoms. The summed E-state index contributed by atoms with van der Waals surface area (Å²) in [6.07, 6.45) is 0.949. The van der Waals surface area contributed by atoms with Gasteiger partial charge in [-0.2, -0.15) is 0 Å². The SMILES string of the molecule is Cn1nc(OC2CCOC2)ccc1=O. The van der Waals surface area contributed by atoms with Crippen LogP contribution in [-0.2, 0) is 11.8 Å². The largest absolute Gasteiger partial charge is 0.471 e. The van der Waals surface area contributed by atoms with Gasteiger partial charge in [-0.15, -0.1) is 5.10 Å². The van der Waals surface area contributed by atoms with Crippen LogP contribution in [0.4, 0.5) is 0 Å². The summed E-state index contributed by atoms with van der Waals surface area (Å²) in [7, 11) is 1.60. The Kier molecular flexibility index (Phi) is 2.49. The van der Waals surface area contributed by atoms with E-state index in [1.54, 1.807) is 13.1 Å². The van der Waals surface area contributed by atoms with Crippen LogP contribution in [0, 0.1) is 0 Å². The third-order valence-corrected chi connectivity index (χ3v) is 2.11. The van der Waals surface area contributed by atoms with Crippen LogP contribution in [0.5, 0.6) is 5.88 Å². The highest BCUT2D eigenvalue weighted by Gasteiger charge is 2.17. The molecule has 76 valence electrons. The van der Waals surface area contributed by atoms with Crippen LogP contribution < -0.4 is 10.3 Å². The molecule has 1 unspecified atom stereocenters. The third kappa shape index (κ3) is 1.93. The molecule has 2 heterocycles. The van der Waals surface area contributed by atoms with Crippen molar-refractivity contribution in [3.63, 3.8) is 0 Å². The van der Waals surface area contributed by atoms with Crippen molar-refractivity contribution in [2.45, 2.75) is 12.5 Å². The van der Waals surface area contributed by atoms with E-state index in [2.05, 4.69) is 5.10 Å². The molecule has 1 atom stereocenters. The molecule has 1 saturated heterocycles. The van der Waals surface area contributed by atoms with Crippen LogP contribution in [-0.4, -0.2) is 29.1 Å². The van der Waals surface area contributed by atoms with Gasteiger partial charge in [0.1, 0.15) is 6.10 Å². The Morgan fingerprint density at radius 1 is 1.64 bits per heavy atom. The predicted octanol–water partition coefficient (Wildman–Crippen LogP) is -0.0520. The van der Waals surface area contributed by atoms with E-state index in [1.165, 1.54) is 10.7 Å². The van der Waals surface area contributed by atoms with E-state index < -0.39 is 0 Å². The van der Waals surface area contributed by atoms with Gasteiger partial charge in [0, 0.05) is 25.6 Å². The Bertz CT molecular complexity index is 369. The summed E-state index contributed by atoms with van der Waals surface area (Å²) in [5.41, 5.74) is -0.139. The first-order valence-corrected chi connectivity index (χ1v) is 4.54. The molecule has 2 rings (SSSR count). The van der Waals surface area contributed by atoms with Crippen molar-refractivity contribution in [2.75, 3.05) is 13.2 Å². The lowest BCUT2D eigenvalue weighted by Crippen LogP contribution is -2.22. The number of ether oxygens (including phenoxy) is 2. The van der Waals surface area contributed by atoms with Gasteiger partial charge < -0.3 is 9.47 Å². The van der Waals surface area contributed by atoms with Crippen molar-refractivity contribution in [3.05, 3.63) is 22.5 Å². The minimum Gasteiger partial charge on any atom is -0.471 e. The van der Waals surface area contributed by atoms with Crippen molar-refractivity contribution >= 4 is 0 Å². The zero-order valence-corrected chi connectivity index (χ0v) is 7.97.